The van der Waals surface area contributed by atoms with E-state index in [4.69, 9.17) is 5.11 Å². The summed E-state index contributed by atoms with van der Waals surface area (Å²) in [6.45, 7) is 2.82. The highest BCUT2D eigenvalue weighted by Crippen LogP contribution is 2.29. The van der Waals surface area contributed by atoms with Crippen molar-refractivity contribution in [2.75, 3.05) is 26.7 Å². The quantitative estimate of drug-likeness (QED) is 0.687. The molecule has 0 unspecified atom stereocenters. The van der Waals surface area contributed by atoms with Gasteiger partial charge in [0, 0.05) is 31.7 Å². The van der Waals surface area contributed by atoms with Gasteiger partial charge < -0.3 is 5.11 Å². The number of aliphatic carboxylic acids is 1. The van der Waals surface area contributed by atoms with Gasteiger partial charge in [-0.3, -0.25) is 14.6 Å². The lowest BCUT2D eigenvalue weighted by molar-refractivity contribution is -0.137. The van der Waals surface area contributed by atoms with Crippen molar-refractivity contribution >= 4 is 5.97 Å². The van der Waals surface area contributed by atoms with E-state index in [1.54, 1.807) is 0 Å². The zero-order valence-electron chi connectivity index (χ0n) is 8.65. The van der Waals surface area contributed by atoms with Gasteiger partial charge in [-0.05, 0) is 19.9 Å². The average Bonchev–Trinajstić information content (AvgIpc) is 2.82. The summed E-state index contributed by atoms with van der Waals surface area (Å²) in [5.41, 5.74) is 0. The number of nitrogens with zero attached hydrogens (tertiary/aromatic N) is 2. The average molecular weight is 198 g/mol. The third-order valence-electron chi connectivity index (χ3n) is 3.28. The molecule has 1 aliphatic heterocycles. The molecule has 1 N–H and O–H groups in total. The minimum atomic E-state index is -0.691. The molecule has 0 aromatic heterocycles. The molecule has 2 aliphatic rings. The molecule has 0 spiro atoms. The van der Waals surface area contributed by atoms with E-state index in [2.05, 4.69) is 16.8 Å². The fraction of sp³-hybridized carbons (Fsp3) is 0.900. The molecule has 0 radical (unpaired) electrons. The summed E-state index contributed by atoms with van der Waals surface area (Å²) in [6, 6.07) is 1.50. The summed E-state index contributed by atoms with van der Waals surface area (Å²) in [4.78, 5) is 15.0. The summed E-state index contributed by atoms with van der Waals surface area (Å²) in [7, 11) is 2.19. The van der Waals surface area contributed by atoms with Gasteiger partial charge in [0.05, 0.1) is 6.42 Å². The smallest absolute Gasteiger partial charge is 0.304 e. The van der Waals surface area contributed by atoms with E-state index < -0.39 is 5.97 Å². The normalized spacial score (nSPS) is 23.9. The van der Waals surface area contributed by atoms with Gasteiger partial charge in [0.15, 0.2) is 0 Å². The lowest BCUT2D eigenvalue weighted by Gasteiger charge is -2.44. The highest BCUT2D eigenvalue weighted by molar-refractivity contribution is 5.66. The van der Waals surface area contributed by atoms with Crippen LogP contribution in [0.2, 0.25) is 0 Å². The van der Waals surface area contributed by atoms with E-state index in [-0.39, 0.29) is 6.42 Å². The van der Waals surface area contributed by atoms with E-state index in [1.165, 1.54) is 12.8 Å². The molecule has 0 amide bonds. The first-order chi connectivity index (χ1) is 6.66. The number of carboxylic acids is 1. The van der Waals surface area contributed by atoms with Crippen molar-refractivity contribution in [2.45, 2.75) is 31.3 Å². The number of rotatable bonds is 5. The van der Waals surface area contributed by atoms with Gasteiger partial charge >= 0.3 is 5.97 Å². The van der Waals surface area contributed by atoms with Crippen LogP contribution >= 0.6 is 0 Å². The van der Waals surface area contributed by atoms with E-state index >= 15 is 0 Å². The van der Waals surface area contributed by atoms with Gasteiger partial charge in [0.2, 0.25) is 0 Å². The SMILES string of the molecule is CN(C1CC1)C1CN(CCC(=O)O)C1. The first kappa shape index (κ1) is 9.93. The maximum Gasteiger partial charge on any atom is 0.304 e. The summed E-state index contributed by atoms with van der Waals surface area (Å²) in [5.74, 6) is -0.691. The van der Waals surface area contributed by atoms with Crippen molar-refractivity contribution in [1.82, 2.24) is 9.80 Å². The first-order valence-corrected chi connectivity index (χ1v) is 5.33. The van der Waals surface area contributed by atoms with Gasteiger partial charge in [0.25, 0.3) is 0 Å². The molecule has 0 bridgehead atoms. The van der Waals surface area contributed by atoms with Crippen LogP contribution in [-0.2, 0) is 4.79 Å². The maximum atomic E-state index is 10.3. The van der Waals surface area contributed by atoms with Gasteiger partial charge in [-0.25, -0.2) is 0 Å². The topological polar surface area (TPSA) is 43.8 Å². The standard InChI is InChI=1S/C10H18N2O2/c1-11(8-2-3-8)9-6-12(7-9)5-4-10(13)14/h8-9H,2-7H2,1H3,(H,13,14). The van der Waals surface area contributed by atoms with Crippen LogP contribution in [0.5, 0.6) is 0 Å². The Morgan fingerprint density at radius 3 is 2.57 bits per heavy atom. The molecule has 4 heteroatoms. The molecule has 4 nitrogen and oxygen atoms in total. The molecule has 2 fully saturated rings. The van der Waals surface area contributed by atoms with Crippen LogP contribution in [-0.4, -0.2) is 59.6 Å². The van der Waals surface area contributed by atoms with Crippen molar-refractivity contribution in [3.05, 3.63) is 0 Å². The molecule has 1 saturated heterocycles. The Balaban J connectivity index is 1.61. The van der Waals surface area contributed by atoms with E-state index in [0.29, 0.717) is 12.6 Å². The third-order valence-corrected chi connectivity index (χ3v) is 3.28. The third kappa shape index (κ3) is 2.25. The number of carbonyl (C=O) groups is 1. The summed E-state index contributed by atoms with van der Waals surface area (Å²) >= 11 is 0. The molecule has 2 rings (SSSR count). The molecule has 1 heterocycles. The fourth-order valence-electron chi connectivity index (χ4n) is 2.02. The van der Waals surface area contributed by atoms with Crippen molar-refractivity contribution < 1.29 is 9.90 Å². The Morgan fingerprint density at radius 1 is 1.43 bits per heavy atom. The molecule has 1 saturated carbocycles. The fourth-order valence-corrected chi connectivity index (χ4v) is 2.02. The molecule has 0 atom stereocenters. The van der Waals surface area contributed by atoms with Crippen LogP contribution < -0.4 is 0 Å². The van der Waals surface area contributed by atoms with Crippen LogP contribution in [0.3, 0.4) is 0 Å². The van der Waals surface area contributed by atoms with Crippen LogP contribution in [0, 0.1) is 0 Å². The van der Waals surface area contributed by atoms with Gasteiger partial charge in [-0.1, -0.05) is 0 Å². The van der Waals surface area contributed by atoms with Crippen molar-refractivity contribution in [2.24, 2.45) is 0 Å². The second-order valence-corrected chi connectivity index (χ2v) is 4.45. The number of hydrogen-bond acceptors (Lipinski definition) is 3. The minimum Gasteiger partial charge on any atom is -0.481 e. The largest absolute Gasteiger partial charge is 0.481 e. The first-order valence-electron chi connectivity index (χ1n) is 5.33. The predicted octanol–water partition coefficient (Wildman–Crippen LogP) is 0.239. The highest BCUT2D eigenvalue weighted by Gasteiger charge is 2.37. The predicted molar refractivity (Wildman–Crippen MR) is 53.3 cm³/mol. The zero-order chi connectivity index (χ0) is 10.1. The summed E-state index contributed by atoms with van der Waals surface area (Å²) in [5, 5.41) is 8.52. The van der Waals surface area contributed by atoms with Crippen molar-refractivity contribution in [3.63, 3.8) is 0 Å². The Hall–Kier alpha value is -0.610. The molecular weight excluding hydrogens is 180 g/mol. The lowest BCUT2D eigenvalue weighted by atomic mass is 10.1. The Labute approximate surface area is 84.5 Å². The second kappa shape index (κ2) is 3.87. The van der Waals surface area contributed by atoms with Crippen molar-refractivity contribution in [3.8, 4) is 0 Å². The highest BCUT2D eigenvalue weighted by atomic mass is 16.4. The van der Waals surface area contributed by atoms with Crippen LogP contribution in [0.1, 0.15) is 19.3 Å². The van der Waals surface area contributed by atoms with Gasteiger partial charge in [0.1, 0.15) is 0 Å². The summed E-state index contributed by atoms with van der Waals surface area (Å²) in [6.07, 6.45) is 2.98. The molecule has 0 aromatic rings. The maximum absolute atomic E-state index is 10.3. The number of likely N-dealkylation sites (N-methyl/N-ethyl adjacent to an activating group) is 1. The number of hydrogen-bond donors (Lipinski definition) is 1. The Bertz CT molecular complexity index is 222. The summed E-state index contributed by atoms with van der Waals surface area (Å²) < 4.78 is 0. The minimum absolute atomic E-state index is 0.278. The number of likely N-dealkylation sites (tertiary alicyclic amines) is 1. The van der Waals surface area contributed by atoms with Gasteiger partial charge in [-0.15, -0.1) is 0 Å². The molecule has 0 aromatic carbocycles. The van der Waals surface area contributed by atoms with Crippen LogP contribution in [0.25, 0.3) is 0 Å². The van der Waals surface area contributed by atoms with E-state index in [9.17, 15) is 4.79 Å². The molecule has 1 aliphatic carbocycles. The van der Waals surface area contributed by atoms with Gasteiger partial charge in [-0.2, -0.15) is 0 Å². The van der Waals surface area contributed by atoms with Crippen molar-refractivity contribution in [1.29, 1.82) is 0 Å². The Morgan fingerprint density at radius 2 is 2.07 bits per heavy atom. The van der Waals surface area contributed by atoms with E-state index in [0.717, 1.165) is 19.1 Å². The Kier molecular flexibility index (Phi) is 2.74. The monoisotopic (exact) mass is 198 g/mol. The molecule has 14 heavy (non-hydrogen) atoms. The second-order valence-electron chi connectivity index (χ2n) is 4.45. The van der Waals surface area contributed by atoms with Crippen LogP contribution in [0.15, 0.2) is 0 Å². The molecule has 80 valence electrons. The lowest BCUT2D eigenvalue weighted by Crippen LogP contribution is -2.59. The number of carboxylic acid groups (broad SMARTS) is 1. The van der Waals surface area contributed by atoms with Crippen LogP contribution in [0.4, 0.5) is 0 Å². The molecular formula is C10H18N2O2. The van der Waals surface area contributed by atoms with E-state index in [1.807, 2.05) is 0 Å². The zero-order valence-corrected chi connectivity index (χ0v) is 8.65.